The summed E-state index contributed by atoms with van der Waals surface area (Å²) in [5, 5.41) is 0. The van der Waals surface area contributed by atoms with Crippen LogP contribution in [0.2, 0.25) is 0 Å². The van der Waals surface area contributed by atoms with Crippen molar-refractivity contribution in [1.29, 1.82) is 0 Å². The van der Waals surface area contributed by atoms with Gasteiger partial charge in [0.05, 0.1) is 0 Å². The molecule has 27 heavy (non-hydrogen) atoms. The van der Waals surface area contributed by atoms with Crippen molar-refractivity contribution < 1.29 is 29.7 Å². The standard InChI is InChI=1S/2C7H7O.2C5H5.Zr/c2*1-8-7-5-3-2-4-6-7;2*1-2-4-5-3-1;/h2*3-6H,1H3;2*1-3H,4H2;. The molecule has 2 nitrogen and oxygen atoms in total. The molecule has 0 saturated carbocycles. The van der Waals surface area contributed by atoms with Gasteiger partial charge in [0, 0.05) is 0 Å². The van der Waals surface area contributed by atoms with E-state index >= 15 is 0 Å². The molecule has 2 aromatic carbocycles. The predicted octanol–water partition coefficient (Wildman–Crippen LogP) is 4.50. The van der Waals surface area contributed by atoms with Gasteiger partial charge < -0.3 is 0 Å². The molecule has 0 N–H and O–H groups in total. The van der Waals surface area contributed by atoms with E-state index in [1.807, 2.05) is 0 Å². The first-order valence-electron chi connectivity index (χ1n) is 9.30. The minimum absolute atomic E-state index is 0.908. The van der Waals surface area contributed by atoms with Crippen molar-refractivity contribution >= 4 is 6.54 Å². The number of ether oxygens (including phenoxy) is 2. The van der Waals surface area contributed by atoms with Gasteiger partial charge in [-0.3, -0.25) is 0 Å². The third-order valence-corrected chi connectivity index (χ3v) is 18.0. The van der Waals surface area contributed by atoms with E-state index < -0.39 is 20.3 Å². The van der Waals surface area contributed by atoms with E-state index in [0.29, 0.717) is 0 Å². The quantitative estimate of drug-likeness (QED) is 0.665. The van der Waals surface area contributed by atoms with Crippen LogP contribution in [0.1, 0.15) is 12.8 Å². The predicted molar refractivity (Wildman–Crippen MR) is 109 cm³/mol. The number of rotatable bonds is 6. The number of methoxy groups -OCH3 is 2. The summed E-state index contributed by atoms with van der Waals surface area (Å²) >= 11 is -3.28. The Hall–Kier alpha value is -2.12. The number of benzene rings is 2. The number of hydrogen-bond acceptors (Lipinski definition) is 2. The molecule has 0 atom stereocenters. The monoisotopic (exact) mass is 434 g/mol. The molecule has 2 aliphatic carbocycles. The van der Waals surface area contributed by atoms with Crippen LogP contribution >= 0.6 is 0 Å². The molecule has 0 amide bonds. The Balaban J connectivity index is 1.95. The molecule has 2 aliphatic rings. The second-order valence-corrected chi connectivity index (χ2v) is 16.5. The maximum atomic E-state index is 5.42. The van der Waals surface area contributed by atoms with Crippen molar-refractivity contribution in [2.24, 2.45) is 0 Å². The van der Waals surface area contributed by atoms with Crippen LogP contribution in [-0.2, 0) is 20.3 Å². The van der Waals surface area contributed by atoms with E-state index in [1.165, 1.54) is 6.54 Å². The van der Waals surface area contributed by atoms with Crippen LogP contribution in [0.15, 0.2) is 91.5 Å². The van der Waals surface area contributed by atoms with Crippen LogP contribution in [0.4, 0.5) is 0 Å². The summed E-state index contributed by atoms with van der Waals surface area (Å²) < 4.78 is 17.0. The fourth-order valence-corrected chi connectivity index (χ4v) is 16.8. The SMILES string of the molecule is COc1cc[c]([Zr]([C]2=CC=CC2)([C]2=CC=CC2)[c]2ccc(OC)cc2)cc1. The van der Waals surface area contributed by atoms with E-state index in [1.54, 1.807) is 20.8 Å². The van der Waals surface area contributed by atoms with Gasteiger partial charge in [-0.15, -0.1) is 0 Å². The second kappa shape index (κ2) is 7.86. The topological polar surface area (TPSA) is 18.5 Å². The van der Waals surface area contributed by atoms with Crippen LogP contribution < -0.4 is 16.0 Å². The minimum atomic E-state index is -3.28. The first-order chi connectivity index (χ1) is 13.3. The summed E-state index contributed by atoms with van der Waals surface area (Å²) in [6, 6.07) is 17.6. The molecule has 0 saturated heterocycles. The molecule has 0 fully saturated rings. The number of hydrogen-bond donors (Lipinski definition) is 0. The Kier molecular flexibility index (Phi) is 5.32. The van der Waals surface area contributed by atoms with Crippen molar-refractivity contribution in [3.63, 3.8) is 0 Å². The Morgan fingerprint density at radius 1 is 0.630 bits per heavy atom. The van der Waals surface area contributed by atoms with Gasteiger partial charge in [-0.05, 0) is 0 Å². The van der Waals surface area contributed by atoms with Crippen molar-refractivity contribution in [3.8, 4) is 11.5 Å². The average Bonchev–Trinajstić information content (AvgIpc) is 3.45. The first kappa shape index (κ1) is 18.3. The van der Waals surface area contributed by atoms with Gasteiger partial charge in [0.2, 0.25) is 0 Å². The van der Waals surface area contributed by atoms with Crippen molar-refractivity contribution in [2.45, 2.75) is 12.8 Å². The van der Waals surface area contributed by atoms with Gasteiger partial charge >= 0.3 is 166 Å². The third-order valence-electron chi connectivity index (χ3n) is 5.55. The molecule has 2 aromatic rings. The molecular formula is C24H24O2Zr. The second-order valence-electron chi connectivity index (χ2n) is 6.86. The molecule has 136 valence electrons. The molecule has 0 unspecified atom stereocenters. The zero-order chi connectivity index (χ0) is 18.7. The Labute approximate surface area is 165 Å². The Bertz CT molecular complexity index is 852. The third kappa shape index (κ3) is 3.19. The molecule has 0 aromatic heterocycles. The van der Waals surface area contributed by atoms with Gasteiger partial charge in [-0.1, -0.05) is 0 Å². The average molecular weight is 436 g/mol. The Morgan fingerprint density at radius 2 is 1.04 bits per heavy atom. The summed E-state index contributed by atoms with van der Waals surface area (Å²) in [7, 11) is 3.45. The zero-order valence-corrected chi connectivity index (χ0v) is 18.3. The van der Waals surface area contributed by atoms with Gasteiger partial charge in [-0.25, -0.2) is 0 Å². The van der Waals surface area contributed by atoms with Crippen molar-refractivity contribution in [2.75, 3.05) is 14.2 Å². The molecule has 0 aliphatic heterocycles. The maximum absolute atomic E-state index is 5.42. The molecule has 0 spiro atoms. The zero-order valence-electron chi connectivity index (χ0n) is 15.8. The molecule has 3 heteroatoms. The van der Waals surface area contributed by atoms with E-state index in [2.05, 4.69) is 85.0 Å². The van der Waals surface area contributed by atoms with Crippen LogP contribution in [0, 0.1) is 0 Å². The molecule has 0 bridgehead atoms. The van der Waals surface area contributed by atoms with Crippen LogP contribution in [0.3, 0.4) is 0 Å². The number of allylic oxidation sites excluding steroid dienone is 8. The molecule has 4 rings (SSSR count). The molecule has 0 heterocycles. The van der Waals surface area contributed by atoms with Crippen LogP contribution in [0.25, 0.3) is 0 Å². The fourth-order valence-electron chi connectivity index (χ4n) is 4.25. The summed E-state index contributed by atoms with van der Waals surface area (Å²) in [6.07, 6.45) is 15.8. The molecule has 0 radical (unpaired) electrons. The van der Waals surface area contributed by atoms with Crippen molar-refractivity contribution in [3.05, 3.63) is 91.5 Å². The molecular weight excluding hydrogens is 411 g/mol. The van der Waals surface area contributed by atoms with Crippen molar-refractivity contribution in [1.82, 2.24) is 0 Å². The van der Waals surface area contributed by atoms with Gasteiger partial charge in [0.1, 0.15) is 0 Å². The van der Waals surface area contributed by atoms with Gasteiger partial charge in [0.15, 0.2) is 0 Å². The van der Waals surface area contributed by atoms with E-state index in [4.69, 9.17) is 9.47 Å². The summed E-state index contributed by atoms with van der Waals surface area (Å²) in [5.41, 5.74) is 0. The van der Waals surface area contributed by atoms with E-state index in [0.717, 1.165) is 24.3 Å². The van der Waals surface area contributed by atoms with Gasteiger partial charge in [0.25, 0.3) is 0 Å². The van der Waals surface area contributed by atoms with E-state index in [9.17, 15) is 0 Å². The first-order valence-corrected chi connectivity index (χ1v) is 14.2. The van der Waals surface area contributed by atoms with Crippen LogP contribution in [-0.4, -0.2) is 14.2 Å². The van der Waals surface area contributed by atoms with Crippen LogP contribution in [0.5, 0.6) is 11.5 Å². The summed E-state index contributed by atoms with van der Waals surface area (Å²) in [4.78, 5) is 0. The normalized spacial score (nSPS) is 15.6. The summed E-state index contributed by atoms with van der Waals surface area (Å²) in [5.74, 6) is 1.82. The van der Waals surface area contributed by atoms with Gasteiger partial charge in [-0.2, -0.15) is 0 Å². The Morgan fingerprint density at radius 3 is 1.33 bits per heavy atom. The summed E-state index contributed by atoms with van der Waals surface area (Å²) in [6.45, 7) is 0. The fraction of sp³-hybridized carbons (Fsp3) is 0.167. The van der Waals surface area contributed by atoms with E-state index in [-0.39, 0.29) is 0 Å².